The maximum atomic E-state index is 12.7. The molecule has 0 fully saturated rings. The van der Waals surface area contributed by atoms with E-state index in [-0.39, 0.29) is 11.7 Å². The Balaban J connectivity index is 1.70. The van der Waals surface area contributed by atoms with Crippen LogP contribution < -0.4 is 5.32 Å². The average molecular weight is 382 g/mol. The SMILES string of the molecule is Cc1cccc(-c2nc(C(=O)NCc3ccccc3)nn2-c2cccc(C)c2)c1. The van der Waals surface area contributed by atoms with Gasteiger partial charge in [0.15, 0.2) is 5.82 Å². The molecule has 4 aromatic rings. The van der Waals surface area contributed by atoms with Crippen molar-refractivity contribution in [3.05, 3.63) is 101 Å². The van der Waals surface area contributed by atoms with Gasteiger partial charge in [0.25, 0.3) is 5.91 Å². The first kappa shape index (κ1) is 18.6. The first-order chi connectivity index (χ1) is 14.1. The van der Waals surface area contributed by atoms with Crippen molar-refractivity contribution in [3.8, 4) is 17.1 Å². The fourth-order valence-corrected chi connectivity index (χ4v) is 3.18. The molecule has 0 saturated carbocycles. The van der Waals surface area contributed by atoms with Crippen LogP contribution in [0.25, 0.3) is 17.1 Å². The third kappa shape index (κ3) is 4.24. The largest absolute Gasteiger partial charge is 0.345 e. The van der Waals surface area contributed by atoms with E-state index < -0.39 is 0 Å². The van der Waals surface area contributed by atoms with Crippen LogP contribution in [0.4, 0.5) is 0 Å². The van der Waals surface area contributed by atoms with Gasteiger partial charge in [0.05, 0.1) is 5.69 Å². The van der Waals surface area contributed by atoms with Crippen molar-refractivity contribution in [1.82, 2.24) is 20.1 Å². The van der Waals surface area contributed by atoms with E-state index in [0.717, 1.165) is 27.9 Å². The molecule has 0 spiro atoms. The monoisotopic (exact) mass is 382 g/mol. The summed E-state index contributed by atoms with van der Waals surface area (Å²) in [5.74, 6) is 0.497. The van der Waals surface area contributed by atoms with Crippen LogP contribution in [0, 0.1) is 13.8 Å². The van der Waals surface area contributed by atoms with Crippen molar-refractivity contribution in [2.24, 2.45) is 0 Å². The molecule has 1 N–H and O–H groups in total. The van der Waals surface area contributed by atoms with Gasteiger partial charge in [-0.05, 0) is 43.2 Å². The predicted molar refractivity (Wildman–Crippen MR) is 114 cm³/mol. The lowest BCUT2D eigenvalue weighted by molar-refractivity contribution is 0.0940. The average Bonchev–Trinajstić information content (AvgIpc) is 3.18. The van der Waals surface area contributed by atoms with E-state index in [9.17, 15) is 4.79 Å². The number of nitrogens with zero attached hydrogens (tertiary/aromatic N) is 3. The van der Waals surface area contributed by atoms with Crippen LogP contribution in [0.15, 0.2) is 78.9 Å². The second-order valence-electron chi connectivity index (χ2n) is 7.05. The van der Waals surface area contributed by atoms with E-state index in [1.165, 1.54) is 0 Å². The number of benzene rings is 3. The third-order valence-electron chi connectivity index (χ3n) is 4.63. The van der Waals surface area contributed by atoms with Crippen molar-refractivity contribution in [2.45, 2.75) is 20.4 Å². The molecule has 144 valence electrons. The first-order valence-corrected chi connectivity index (χ1v) is 9.53. The molecule has 5 heteroatoms. The van der Waals surface area contributed by atoms with Gasteiger partial charge in [-0.2, -0.15) is 0 Å². The summed E-state index contributed by atoms with van der Waals surface area (Å²) in [6.07, 6.45) is 0. The molecule has 0 atom stereocenters. The molecule has 1 heterocycles. The quantitative estimate of drug-likeness (QED) is 0.554. The highest BCUT2D eigenvalue weighted by Crippen LogP contribution is 2.22. The molecule has 4 rings (SSSR count). The van der Waals surface area contributed by atoms with Crippen molar-refractivity contribution >= 4 is 5.91 Å². The molecule has 0 aliphatic carbocycles. The van der Waals surface area contributed by atoms with Gasteiger partial charge in [0, 0.05) is 12.1 Å². The van der Waals surface area contributed by atoms with Gasteiger partial charge in [0.1, 0.15) is 0 Å². The van der Waals surface area contributed by atoms with E-state index in [1.54, 1.807) is 4.68 Å². The topological polar surface area (TPSA) is 59.8 Å². The second kappa shape index (κ2) is 8.10. The van der Waals surface area contributed by atoms with E-state index >= 15 is 0 Å². The first-order valence-electron chi connectivity index (χ1n) is 9.53. The smallest absolute Gasteiger partial charge is 0.291 e. The van der Waals surface area contributed by atoms with Crippen molar-refractivity contribution in [3.63, 3.8) is 0 Å². The minimum Gasteiger partial charge on any atom is -0.345 e. The van der Waals surface area contributed by atoms with Crippen molar-refractivity contribution < 1.29 is 4.79 Å². The highest BCUT2D eigenvalue weighted by atomic mass is 16.2. The van der Waals surface area contributed by atoms with Crippen molar-refractivity contribution in [1.29, 1.82) is 0 Å². The van der Waals surface area contributed by atoms with Gasteiger partial charge in [-0.1, -0.05) is 66.2 Å². The molecule has 0 saturated heterocycles. The van der Waals surface area contributed by atoms with Gasteiger partial charge in [-0.15, -0.1) is 5.10 Å². The number of amides is 1. The van der Waals surface area contributed by atoms with Crippen LogP contribution in [0.2, 0.25) is 0 Å². The third-order valence-corrected chi connectivity index (χ3v) is 4.63. The lowest BCUT2D eigenvalue weighted by atomic mass is 10.1. The van der Waals surface area contributed by atoms with Crippen LogP contribution >= 0.6 is 0 Å². The summed E-state index contributed by atoms with van der Waals surface area (Å²) in [5.41, 5.74) is 5.05. The number of nitrogens with one attached hydrogen (secondary N) is 1. The highest BCUT2D eigenvalue weighted by Gasteiger charge is 2.19. The summed E-state index contributed by atoms with van der Waals surface area (Å²) < 4.78 is 1.74. The van der Waals surface area contributed by atoms with E-state index in [1.807, 2.05) is 92.7 Å². The highest BCUT2D eigenvalue weighted by molar-refractivity contribution is 5.91. The maximum absolute atomic E-state index is 12.7. The number of hydrogen-bond donors (Lipinski definition) is 1. The molecule has 29 heavy (non-hydrogen) atoms. The van der Waals surface area contributed by atoms with Crippen LogP contribution in [-0.4, -0.2) is 20.7 Å². The Kier molecular flexibility index (Phi) is 5.20. The van der Waals surface area contributed by atoms with E-state index in [2.05, 4.69) is 15.4 Å². The summed E-state index contributed by atoms with van der Waals surface area (Å²) in [5, 5.41) is 7.44. The molecule has 0 unspecified atom stereocenters. The second-order valence-corrected chi connectivity index (χ2v) is 7.05. The zero-order valence-electron chi connectivity index (χ0n) is 16.5. The number of aromatic nitrogens is 3. The van der Waals surface area contributed by atoms with Crippen LogP contribution in [-0.2, 0) is 6.54 Å². The molecule has 1 aromatic heterocycles. The van der Waals surface area contributed by atoms with Crippen LogP contribution in [0.3, 0.4) is 0 Å². The number of hydrogen-bond acceptors (Lipinski definition) is 3. The van der Waals surface area contributed by atoms with Gasteiger partial charge < -0.3 is 5.32 Å². The van der Waals surface area contributed by atoms with E-state index in [4.69, 9.17) is 0 Å². The molecule has 0 radical (unpaired) electrons. The molecule has 1 amide bonds. The Morgan fingerprint density at radius 1 is 0.897 bits per heavy atom. The Labute approximate surface area is 170 Å². The standard InChI is InChI=1S/C24H22N4O/c1-17-8-6-12-20(14-17)23-26-22(24(29)25-16-19-10-4-3-5-11-19)27-28(23)21-13-7-9-18(2)15-21/h3-15H,16H2,1-2H3,(H,25,29). The van der Waals surface area contributed by atoms with Gasteiger partial charge in [-0.3, -0.25) is 4.79 Å². The summed E-state index contributed by atoms with van der Waals surface area (Å²) in [6.45, 7) is 4.49. The maximum Gasteiger partial charge on any atom is 0.291 e. The lowest BCUT2D eigenvalue weighted by Crippen LogP contribution is -2.24. The van der Waals surface area contributed by atoms with E-state index in [0.29, 0.717) is 12.4 Å². The lowest BCUT2D eigenvalue weighted by Gasteiger charge is -2.07. The number of rotatable bonds is 5. The summed E-state index contributed by atoms with van der Waals surface area (Å²) in [6, 6.07) is 25.8. The number of carbonyl (C=O) groups excluding carboxylic acids is 1. The van der Waals surface area contributed by atoms with Gasteiger partial charge in [-0.25, -0.2) is 9.67 Å². The summed E-state index contributed by atoms with van der Waals surface area (Å²) >= 11 is 0. The Hall–Kier alpha value is -3.73. The fraction of sp³-hybridized carbons (Fsp3) is 0.125. The molecule has 0 aliphatic heterocycles. The minimum atomic E-state index is -0.297. The van der Waals surface area contributed by atoms with Gasteiger partial charge >= 0.3 is 0 Å². The minimum absolute atomic E-state index is 0.152. The zero-order chi connectivity index (χ0) is 20.2. The summed E-state index contributed by atoms with van der Waals surface area (Å²) in [4.78, 5) is 17.3. The Morgan fingerprint density at radius 2 is 1.62 bits per heavy atom. The van der Waals surface area contributed by atoms with Crippen molar-refractivity contribution in [2.75, 3.05) is 0 Å². The zero-order valence-corrected chi connectivity index (χ0v) is 16.5. The molecule has 0 bridgehead atoms. The van der Waals surface area contributed by atoms with Crippen LogP contribution in [0.5, 0.6) is 0 Å². The normalized spacial score (nSPS) is 10.7. The molecular formula is C24H22N4O. The number of aryl methyl sites for hydroxylation is 2. The molecule has 3 aromatic carbocycles. The fourth-order valence-electron chi connectivity index (χ4n) is 3.18. The molecule has 5 nitrogen and oxygen atoms in total. The Bertz CT molecular complexity index is 1090. The predicted octanol–water partition coefficient (Wildman–Crippen LogP) is 4.48. The Morgan fingerprint density at radius 3 is 2.34 bits per heavy atom. The number of carbonyl (C=O) groups is 1. The van der Waals surface area contributed by atoms with Crippen LogP contribution in [0.1, 0.15) is 27.3 Å². The summed E-state index contributed by atoms with van der Waals surface area (Å²) in [7, 11) is 0. The molecular weight excluding hydrogens is 360 g/mol. The molecule has 0 aliphatic rings. The van der Waals surface area contributed by atoms with Gasteiger partial charge in [0.2, 0.25) is 5.82 Å².